The van der Waals surface area contributed by atoms with Crippen LogP contribution in [-0.4, -0.2) is 35.1 Å². The molecule has 0 saturated heterocycles. The van der Waals surface area contributed by atoms with Crippen LogP contribution < -0.4 is 10.1 Å². The number of benzene rings is 3. The molecule has 0 spiro atoms. The highest BCUT2D eigenvalue weighted by Gasteiger charge is 2.23. The summed E-state index contributed by atoms with van der Waals surface area (Å²) in [5, 5.41) is 3.08. The van der Waals surface area contributed by atoms with E-state index < -0.39 is 18.0 Å². The maximum Gasteiger partial charge on any atom is 0.338 e. The standard InChI is InChI=1S/C25H22ClN3O4/c1-3-21(24(30)27-17-10-12-22(32-2)18(26)14-17)33-25(31)16-9-11-19-20(13-16)29-23(28-19)15-7-5-4-6-8-15/h4-14,21H,3H2,1-2H3,(H,27,30)(H,28,29). The van der Waals surface area contributed by atoms with Gasteiger partial charge in [0.1, 0.15) is 11.6 Å². The molecule has 0 radical (unpaired) electrons. The van der Waals surface area contributed by atoms with Gasteiger partial charge in [0, 0.05) is 11.3 Å². The molecule has 0 aliphatic heterocycles. The molecule has 0 aliphatic rings. The van der Waals surface area contributed by atoms with Crippen LogP contribution in [0.2, 0.25) is 5.02 Å². The summed E-state index contributed by atoms with van der Waals surface area (Å²) in [4.78, 5) is 33.2. The Balaban J connectivity index is 1.47. The highest BCUT2D eigenvalue weighted by molar-refractivity contribution is 6.32. The van der Waals surface area contributed by atoms with E-state index in [0.29, 0.717) is 39.8 Å². The topological polar surface area (TPSA) is 93.3 Å². The predicted octanol–water partition coefficient (Wildman–Crippen LogP) is 5.47. The lowest BCUT2D eigenvalue weighted by Crippen LogP contribution is -2.32. The summed E-state index contributed by atoms with van der Waals surface area (Å²) in [6.07, 6.45) is -0.651. The lowest BCUT2D eigenvalue weighted by atomic mass is 10.2. The number of aromatic amines is 1. The summed E-state index contributed by atoms with van der Waals surface area (Å²) in [7, 11) is 1.51. The number of carbonyl (C=O) groups is 2. The van der Waals surface area contributed by atoms with E-state index in [-0.39, 0.29) is 0 Å². The van der Waals surface area contributed by atoms with Gasteiger partial charge < -0.3 is 19.8 Å². The lowest BCUT2D eigenvalue weighted by molar-refractivity contribution is -0.124. The number of aromatic nitrogens is 2. The van der Waals surface area contributed by atoms with Crippen LogP contribution in [0.3, 0.4) is 0 Å². The Labute approximate surface area is 195 Å². The number of ether oxygens (including phenoxy) is 2. The Morgan fingerprint density at radius 3 is 2.58 bits per heavy atom. The van der Waals surface area contributed by atoms with Gasteiger partial charge >= 0.3 is 5.97 Å². The number of amides is 1. The van der Waals surface area contributed by atoms with Crippen LogP contribution in [0.4, 0.5) is 5.69 Å². The molecule has 168 valence electrons. The van der Waals surface area contributed by atoms with E-state index in [4.69, 9.17) is 21.1 Å². The molecule has 0 fully saturated rings. The van der Waals surface area contributed by atoms with Gasteiger partial charge in [0.05, 0.1) is 28.7 Å². The van der Waals surface area contributed by atoms with E-state index in [1.165, 1.54) is 7.11 Å². The van der Waals surface area contributed by atoms with Gasteiger partial charge in [0.15, 0.2) is 6.10 Å². The molecule has 0 aliphatic carbocycles. The van der Waals surface area contributed by atoms with Gasteiger partial charge in [-0.25, -0.2) is 9.78 Å². The normalized spacial score (nSPS) is 11.7. The predicted molar refractivity (Wildman–Crippen MR) is 128 cm³/mol. The van der Waals surface area contributed by atoms with Gasteiger partial charge in [-0.1, -0.05) is 48.9 Å². The molecule has 0 saturated carbocycles. The Morgan fingerprint density at radius 2 is 1.88 bits per heavy atom. The number of nitrogens with zero attached hydrogens (tertiary/aromatic N) is 1. The third-order valence-corrected chi connectivity index (χ3v) is 5.39. The molecule has 1 atom stereocenters. The second-order valence-corrected chi connectivity index (χ2v) is 7.73. The number of H-pyrrole nitrogens is 1. The molecular weight excluding hydrogens is 442 g/mol. The summed E-state index contributed by atoms with van der Waals surface area (Å²) in [5.74, 6) is 0.168. The van der Waals surface area contributed by atoms with Crippen molar-refractivity contribution < 1.29 is 19.1 Å². The Hall–Kier alpha value is -3.84. The number of halogens is 1. The van der Waals surface area contributed by atoms with Crippen LogP contribution in [0.25, 0.3) is 22.4 Å². The smallest absolute Gasteiger partial charge is 0.338 e. The molecule has 0 bridgehead atoms. The van der Waals surface area contributed by atoms with Gasteiger partial charge in [0.25, 0.3) is 5.91 Å². The van der Waals surface area contributed by atoms with Crippen molar-refractivity contribution in [3.8, 4) is 17.1 Å². The van der Waals surface area contributed by atoms with Gasteiger partial charge in [-0.15, -0.1) is 0 Å². The monoisotopic (exact) mass is 463 g/mol. The molecular formula is C25H22ClN3O4. The number of hydrogen-bond acceptors (Lipinski definition) is 5. The van der Waals surface area contributed by atoms with Crippen LogP contribution >= 0.6 is 11.6 Å². The van der Waals surface area contributed by atoms with E-state index in [0.717, 1.165) is 11.1 Å². The second kappa shape index (κ2) is 9.75. The molecule has 7 nitrogen and oxygen atoms in total. The molecule has 8 heteroatoms. The molecule has 33 heavy (non-hydrogen) atoms. The first kappa shape index (κ1) is 22.4. The molecule has 1 amide bonds. The van der Waals surface area contributed by atoms with E-state index in [1.54, 1.807) is 43.3 Å². The minimum absolute atomic E-state index is 0.311. The van der Waals surface area contributed by atoms with Gasteiger partial charge in [-0.05, 0) is 42.8 Å². The summed E-state index contributed by atoms with van der Waals surface area (Å²) in [6.45, 7) is 1.77. The fraction of sp³-hybridized carbons (Fsp3) is 0.160. The molecule has 4 aromatic rings. The van der Waals surface area contributed by atoms with Crippen molar-refractivity contribution in [2.75, 3.05) is 12.4 Å². The number of rotatable bonds is 7. The maximum absolute atomic E-state index is 12.8. The quantitative estimate of drug-likeness (QED) is 0.355. The van der Waals surface area contributed by atoms with Gasteiger partial charge in [-0.3, -0.25) is 4.79 Å². The molecule has 4 rings (SSSR count). The number of methoxy groups -OCH3 is 1. The molecule has 1 aromatic heterocycles. The number of fused-ring (bicyclic) bond motifs is 1. The van der Waals surface area contributed by atoms with E-state index in [9.17, 15) is 9.59 Å². The zero-order valence-electron chi connectivity index (χ0n) is 18.1. The highest BCUT2D eigenvalue weighted by Crippen LogP contribution is 2.27. The number of anilines is 1. The maximum atomic E-state index is 12.8. The van der Waals surface area contributed by atoms with Crippen molar-refractivity contribution in [3.05, 3.63) is 77.3 Å². The first-order valence-electron chi connectivity index (χ1n) is 10.4. The fourth-order valence-electron chi connectivity index (χ4n) is 3.36. The van der Waals surface area contributed by atoms with Crippen molar-refractivity contribution in [1.29, 1.82) is 0 Å². The Bertz CT molecular complexity index is 1300. The summed E-state index contributed by atoms with van der Waals surface area (Å²) in [5.41, 5.74) is 3.18. The van der Waals surface area contributed by atoms with Crippen LogP contribution in [0.15, 0.2) is 66.7 Å². The third-order valence-electron chi connectivity index (χ3n) is 5.10. The van der Waals surface area contributed by atoms with Crippen molar-refractivity contribution in [1.82, 2.24) is 9.97 Å². The average molecular weight is 464 g/mol. The number of hydrogen-bond donors (Lipinski definition) is 2. The summed E-state index contributed by atoms with van der Waals surface area (Å²) < 4.78 is 10.6. The minimum Gasteiger partial charge on any atom is -0.495 e. The first-order valence-corrected chi connectivity index (χ1v) is 10.8. The summed E-state index contributed by atoms with van der Waals surface area (Å²) in [6, 6.07) is 19.6. The van der Waals surface area contributed by atoms with Crippen LogP contribution in [0.1, 0.15) is 23.7 Å². The van der Waals surface area contributed by atoms with Crippen molar-refractivity contribution >= 4 is 40.2 Å². The molecule has 2 N–H and O–H groups in total. The molecule has 1 unspecified atom stereocenters. The molecule has 1 heterocycles. The third kappa shape index (κ3) is 4.99. The van der Waals surface area contributed by atoms with Gasteiger partial charge in [0.2, 0.25) is 0 Å². The minimum atomic E-state index is -0.962. The highest BCUT2D eigenvalue weighted by atomic mass is 35.5. The number of imidazole rings is 1. The fourth-order valence-corrected chi connectivity index (χ4v) is 3.61. The average Bonchev–Trinajstić information content (AvgIpc) is 3.26. The second-order valence-electron chi connectivity index (χ2n) is 7.32. The van der Waals surface area contributed by atoms with E-state index in [2.05, 4.69) is 15.3 Å². The summed E-state index contributed by atoms with van der Waals surface area (Å²) >= 11 is 6.11. The van der Waals surface area contributed by atoms with Crippen LogP contribution in [-0.2, 0) is 9.53 Å². The van der Waals surface area contributed by atoms with E-state index in [1.807, 2.05) is 30.3 Å². The number of carbonyl (C=O) groups excluding carboxylic acids is 2. The van der Waals surface area contributed by atoms with Crippen LogP contribution in [0, 0.1) is 0 Å². The zero-order chi connectivity index (χ0) is 23.4. The lowest BCUT2D eigenvalue weighted by Gasteiger charge is -2.16. The zero-order valence-corrected chi connectivity index (χ0v) is 18.8. The largest absolute Gasteiger partial charge is 0.495 e. The van der Waals surface area contributed by atoms with Crippen molar-refractivity contribution in [2.45, 2.75) is 19.4 Å². The van der Waals surface area contributed by atoms with Crippen molar-refractivity contribution in [2.24, 2.45) is 0 Å². The van der Waals surface area contributed by atoms with E-state index >= 15 is 0 Å². The van der Waals surface area contributed by atoms with Crippen molar-refractivity contribution in [3.63, 3.8) is 0 Å². The molecule has 3 aromatic carbocycles. The number of nitrogens with one attached hydrogen (secondary N) is 2. The SMILES string of the molecule is CCC(OC(=O)c1ccc2nc(-c3ccccc3)[nH]c2c1)C(=O)Nc1ccc(OC)c(Cl)c1. The van der Waals surface area contributed by atoms with Gasteiger partial charge in [-0.2, -0.15) is 0 Å². The first-order chi connectivity index (χ1) is 16.0. The Kier molecular flexibility index (Phi) is 6.60. The Morgan fingerprint density at radius 1 is 1.09 bits per heavy atom. The van der Waals surface area contributed by atoms with Crippen LogP contribution in [0.5, 0.6) is 5.75 Å². The number of esters is 1.